The van der Waals surface area contributed by atoms with Gasteiger partial charge in [0, 0.05) is 27.1 Å². The van der Waals surface area contributed by atoms with Gasteiger partial charge in [-0.1, -0.05) is 13.8 Å². The summed E-state index contributed by atoms with van der Waals surface area (Å²) in [6, 6.07) is -0.980. The molecular formula is C14H27N3O4. The highest BCUT2D eigenvalue weighted by Gasteiger charge is 2.20. The minimum absolute atomic E-state index is 0.119. The Morgan fingerprint density at radius 2 is 1.76 bits per heavy atom. The van der Waals surface area contributed by atoms with Crippen LogP contribution in [0.3, 0.4) is 0 Å². The maximum Gasteiger partial charge on any atom is 0.315 e. The molecule has 0 saturated heterocycles. The van der Waals surface area contributed by atoms with Gasteiger partial charge in [0.05, 0.1) is 0 Å². The van der Waals surface area contributed by atoms with Gasteiger partial charge < -0.3 is 20.6 Å². The molecule has 0 bridgehead atoms. The first-order valence-corrected chi connectivity index (χ1v) is 7.02. The zero-order valence-corrected chi connectivity index (χ0v) is 13.5. The summed E-state index contributed by atoms with van der Waals surface area (Å²) < 4.78 is 0. The van der Waals surface area contributed by atoms with Crippen LogP contribution in [0.4, 0.5) is 4.79 Å². The van der Waals surface area contributed by atoms with Crippen molar-refractivity contribution in [3.63, 3.8) is 0 Å². The third-order valence-electron chi connectivity index (χ3n) is 3.26. The summed E-state index contributed by atoms with van der Waals surface area (Å²) in [4.78, 5) is 35.2. The predicted octanol–water partition coefficient (Wildman–Crippen LogP) is 1.04. The summed E-state index contributed by atoms with van der Waals surface area (Å²) in [5.41, 5.74) is -0.156. The number of aliphatic carboxylic acids is 1. The molecule has 0 radical (unpaired) electrons. The number of amides is 3. The van der Waals surface area contributed by atoms with E-state index in [0.29, 0.717) is 19.4 Å². The summed E-state index contributed by atoms with van der Waals surface area (Å²) in [7, 11) is 3.26. The van der Waals surface area contributed by atoms with Crippen LogP contribution in [0.15, 0.2) is 0 Å². The van der Waals surface area contributed by atoms with E-state index in [0.717, 1.165) is 0 Å². The van der Waals surface area contributed by atoms with Crippen molar-refractivity contribution in [1.29, 1.82) is 0 Å². The average molecular weight is 301 g/mol. The fourth-order valence-electron chi connectivity index (χ4n) is 1.78. The van der Waals surface area contributed by atoms with Gasteiger partial charge in [0.15, 0.2) is 0 Å². The van der Waals surface area contributed by atoms with Crippen LogP contribution < -0.4 is 10.6 Å². The van der Waals surface area contributed by atoms with Crippen molar-refractivity contribution in [3.05, 3.63) is 0 Å². The lowest BCUT2D eigenvalue weighted by atomic mass is 9.84. The Bertz CT molecular complexity index is 380. The molecule has 0 aromatic rings. The molecule has 0 saturated carbocycles. The maximum absolute atomic E-state index is 11.6. The Balaban J connectivity index is 4.03. The van der Waals surface area contributed by atoms with Gasteiger partial charge in [0.2, 0.25) is 5.91 Å². The number of nitrogens with zero attached hydrogens (tertiary/aromatic N) is 1. The molecule has 1 atom stereocenters. The molecule has 0 fully saturated rings. The first kappa shape index (κ1) is 19.2. The molecular weight excluding hydrogens is 274 g/mol. The maximum atomic E-state index is 11.6. The zero-order chi connectivity index (χ0) is 16.6. The van der Waals surface area contributed by atoms with Crippen molar-refractivity contribution in [3.8, 4) is 0 Å². The molecule has 3 amide bonds. The van der Waals surface area contributed by atoms with E-state index >= 15 is 0 Å². The lowest BCUT2D eigenvalue weighted by Gasteiger charge is -2.24. The van der Waals surface area contributed by atoms with Crippen LogP contribution in [0, 0.1) is 5.41 Å². The third-order valence-corrected chi connectivity index (χ3v) is 3.26. The van der Waals surface area contributed by atoms with Crippen molar-refractivity contribution in [2.45, 2.75) is 46.1 Å². The van der Waals surface area contributed by atoms with E-state index in [4.69, 9.17) is 5.11 Å². The molecule has 7 heteroatoms. The number of carbonyl (C=O) groups excluding carboxylic acids is 2. The average Bonchev–Trinajstić information content (AvgIpc) is 2.35. The lowest BCUT2D eigenvalue weighted by Crippen LogP contribution is -2.48. The molecule has 0 aliphatic heterocycles. The molecule has 0 aromatic heterocycles. The van der Waals surface area contributed by atoms with Crippen LogP contribution in [-0.4, -0.2) is 54.6 Å². The van der Waals surface area contributed by atoms with E-state index in [1.165, 1.54) is 4.90 Å². The topological polar surface area (TPSA) is 98.7 Å². The lowest BCUT2D eigenvalue weighted by molar-refractivity contribution is -0.137. The third kappa shape index (κ3) is 8.88. The summed E-state index contributed by atoms with van der Waals surface area (Å²) in [6.45, 7) is 5.99. The Kier molecular flexibility index (Phi) is 7.76. The molecule has 0 rings (SSSR count). The molecule has 21 heavy (non-hydrogen) atoms. The standard InChI is InChI=1S/C14H27N3O4/c1-10(12(20)17(4)5)16-13(21)15-9-8-14(2,3)7-6-11(18)19/h10H,6-9H2,1-5H3,(H,18,19)(H2,15,16,21). The first-order valence-electron chi connectivity index (χ1n) is 7.02. The Hall–Kier alpha value is -1.79. The van der Waals surface area contributed by atoms with Crippen molar-refractivity contribution in [2.24, 2.45) is 5.41 Å². The first-order chi connectivity index (χ1) is 9.55. The minimum Gasteiger partial charge on any atom is -0.481 e. The van der Waals surface area contributed by atoms with E-state index in [9.17, 15) is 14.4 Å². The van der Waals surface area contributed by atoms with Crippen LogP contribution in [-0.2, 0) is 9.59 Å². The highest BCUT2D eigenvalue weighted by Crippen LogP contribution is 2.25. The summed E-state index contributed by atoms with van der Waals surface area (Å²) in [6.07, 6.45) is 1.35. The number of rotatable bonds is 8. The number of hydrogen-bond donors (Lipinski definition) is 3. The minimum atomic E-state index is -0.815. The zero-order valence-electron chi connectivity index (χ0n) is 13.5. The van der Waals surface area contributed by atoms with Gasteiger partial charge in [0.1, 0.15) is 6.04 Å². The van der Waals surface area contributed by atoms with Crippen molar-refractivity contribution >= 4 is 17.9 Å². The van der Waals surface area contributed by atoms with Gasteiger partial charge in [0.25, 0.3) is 0 Å². The van der Waals surface area contributed by atoms with Crippen LogP contribution in [0.5, 0.6) is 0 Å². The molecule has 0 aromatic carbocycles. The van der Waals surface area contributed by atoms with Gasteiger partial charge in [-0.15, -0.1) is 0 Å². The fraction of sp³-hybridized carbons (Fsp3) is 0.786. The van der Waals surface area contributed by atoms with E-state index in [-0.39, 0.29) is 17.7 Å². The number of hydrogen-bond acceptors (Lipinski definition) is 3. The molecule has 0 aliphatic carbocycles. The summed E-state index contributed by atoms with van der Waals surface area (Å²) in [5, 5.41) is 13.9. The molecule has 0 aliphatic rings. The van der Waals surface area contributed by atoms with Crippen LogP contribution in [0.2, 0.25) is 0 Å². The molecule has 3 N–H and O–H groups in total. The van der Waals surface area contributed by atoms with Crippen LogP contribution in [0.25, 0.3) is 0 Å². The largest absolute Gasteiger partial charge is 0.481 e. The van der Waals surface area contributed by atoms with Crippen molar-refractivity contribution < 1.29 is 19.5 Å². The number of carboxylic acid groups (broad SMARTS) is 1. The van der Waals surface area contributed by atoms with E-state index < -0.39 is 18.0 Å². The number of urea groups is 1. The molecule has 1 unspecified atom stereocenters. The highest BCUT2D eigenvalue weighted by atomic mass is 16.4. The second kappa shape index (κ2) is 8.49. The number of likely N-dealkylation sites (N-methyl/N-ethyl adjacent to an activating group) is 1. The van der Waals surface area contributed by atoms with E-state index in [1.807, 2.05) is 13.8 Å². The monoisotopic (exact) mass is 301 g/mol. The predicted molar refractivity (Wildman–Crippen MR) is 80.0 cm³/mol. The van der Waals surface area contributed by atoms with Crippen molar-refractivity contribution in [2.75, 3.05) is 20.6 Å². The number of carboxylic acids is 1. The van der Waals surface area contributed by atoms with Gasteiger partial charge in [-0.2, -0.15) is 0 Å². The Labute approximate surface area is 126 Å². The van der Waals surface area contributed by atoms with Crippen LogP contribution >= 0.6 is 0 Å². The highest BCUT2D eigenvalue weighted by molar-refractivity contribution is 5.86. The Morgan fingerprint density at radius 3 is 2.24 bits per heavy atom. The molecule has 0 spiro atoms. The SMILES string of the molecule is CC(NC(=O)NCCC(C)(C)CCC(=O)O)C(=O)N(C)C. The summed E-state index contributed by atoms with van der Waals surface area (Å²) >= 11 is 0. The second-order valence-electron chi connectivity index (χ2n) is 6.16. The molecule has 0 heterocycles. The van der Waals surface area contributed by atoms with Gasteiger partial charge in [-0.05, 0) is 25.2 Å². The molecule has 7 nitrogen and oxygen atoms in total. The van der Waals surface area contributed by atoms with E-state index in [1.54, 1.807) is 21.0 Å². The van der Waals surface area contributed by atoms with Gasteiger partial charge in [-0.25, -0.2) is 4.79 Å². The normalized spacial score (nSPS) is 12.4. The number of nitrogens with one attached hydrogen (secondary N) is 2. The smallest absolute Gasteiger partial charge is 0.315 e. The summed E-state index contributed by atoms with van der Waals surface area (Å²) in [5.74, 6) is -0.989. The fourth-order valence-corrected chi connectivity index (χ4v) is 1.78. The second-order valence-corrected chi connectivity index (χ2v) is 6.16. The van der Waals surface area contributed by atoms with Crippen molar-refractivity contribution in [1.82, 2.24) is 15.5 Å². The quantitative estimate of drug-likeness (QED) is 0.624. The van der Waals surface area contributed by atoms with Gasteiger partial charge >= 0.3 is 12.0 Å². The van der Waals surface area contributed by atoms with Crippen LogP contribution in [0.1, 0.15) is 40.0 Å². The Morgan fingerprint density at radius 1 is 1.19 bits per heavy atom. The number of carbonyl (C=O) groups is 3. The van der Waals surface area contributed by atoms with Gasteiger partial charge in [-0.3, -0.25) is 9.59 Å². The molecule has 122 valence electrons. The van der Waals surface area contributed by atoms with E-state index in [2.05, 4.69) is 10.6 Å².